The lowest BCUT2D eigenvalue weighted by Crippen LogP contribution is -2.56. The highest BCUT2D eigenvalue weighted by Gasteiger charge is 2.34. The summed E-state index contributed by atoms with van der Waals surface area (Å²) in [5, 5.41) is 12.9. The van der Waals surface area contributed by atoms with Crippen molar-refractivity contribution in [1.82, 2.24) is 25.5 Å². The van der Waals surface area contributed by atoms with Crippen molar-refractivity contribution >= 4 is 58.0 Å². The van der Waals surface area contributed by atoms with Gasteiger partial charge in [-0.3, -0.25) is 10.2 Å². The van der Waals surface area contributed by atoms with E-state index in [0.717, 1.165) is 19.3 Å². The van der Waals surface area contributed by atoms with Crippen LogP contribution in [-0.4, -0.2) is 35.9 Å². The molecule has 0 aliphatic heterocycles. The van der Waals surface area contributed by atoms with E-state index in [2.05, 4.69) is 33.2 Å². The van der Waals surface area contributed by atoms with E-state index >= 15 is 0 Å². The molecule has 32 heavy (non-hydrogen) atoms. The smallest absolute Gasteiger partial charge is 0.228 e. The average Bonchev–Trinajstić information content (AvgIpc) is 3.23. The Kier molecular flexibility index (Phi) is 16.1. The fourth-order valence-corrected chi connectivity index (χ4v) is 3.83. The number of hydrogen-bond acceptors (Lipinski definition) is 4. The number of alkyl halides is 3. The van der Waals surface area contributed by atoms with Gasteiger partial charge in [-0.1, -0.05) is 119 Å². The highest BCUT2D eigenvalue weighted by Crippen LogP contribution is 2.29. The van der Waals surface area contributed by atoms with E-state index in [1.807, 2.05) is 0 Å². The molecule has 184 valence electrons. The first-order chi connectivity index (χ1) is 15.3. The Labute approximate surface area is 212 Å². The summed E-state index contributed by atoms with van der Waals surface area (Å²) in [5.74, 6) is -0.191. The molecule has 0 bridgehead atoms. The van der Waals surface area contributed by atoms with Gasteiger partial charge in [0.15, 0.2) is 5.11 Å². The van der Waals surface area contributed by atoms with E-state index in [4.69, 9.17) is 47.0 Å². The zero-order chi connectivity index (χ0) is 23.7. The number of thiocarbonyl (C=S) groups is 1. The van der Waals surface area contributed by atoms with Gasteiger partial charge in [-0.2, -0.15) is 0 Å². The molecule has 7 nitrogen and oxygen atoms in total. The fourth-order valence-electron chi connectivity index (χ4n) is 3.28. The van der Waals surface area contributed by atoms with Crippen LogP contribution in [0.2, 0.25) is 0 Å². The number of amides is 1. The predicted molar refractivity (Wildman–Crippen MR) is 138 cm³/mol. The van der Waals surface area contributed by atoms with E-state index in [0.29, 0.717) is 6.42 Å². The van der Waals surface area contributed by atoms with Gasteiger partial charge in [0.25, 0.3) is 0 Å². The number of halogens is 3. The minimum absolute atomic E-state index is 0.155. The molecule has 1 atom stereocenters. The number of carbonyl (C=O) groups is 1. The molecule has 0 fully saturated rings. The van der Waals surface area contributed by atoms with Crippen LogP contribution in [0.1, 0.15) is 96.8 Å². The van der Waals surface area contributed by atoms with Crippen LogP contribution < -0.4 is 16.1 Å². The summed E-state index contributed by atoms with van der Waals surface area (Å²) < 4.78 is -0.342. The van der Waals surface area contributed by atoms with Gasteiger partial charge >= 0.3 is 0 Å². The van der Waals surface area contributed by atoms with Gasteiger partial charge in [-0.05, 0) is 18.6 Å². The lowest BCUT2D eigenvalue weighted by molar-refractivity contribution is -0.122. The summed E-state index contributed by atoms with van der Waals surface area (Å²) in [6, 6.07) is 0. The first-order valence-electron chi connectivity index (χ1n) is 11.6. The van der Waals surface area contributed by atoms with Crippen LogP contribution in [0.4, 0.5) is 0 Å². The van der Waals surface area contributed by atoms with Gasteiger partial charge < -0.3 is 10.6 Å². The van der Waals surface area contributed by atoms with Crippen molar-refractivity contribution in [2.75, 3.05) is 5.43 Å². The third kappa shape index (κ3) is 15.1. The molecule has 0 aromatic carbocycles. The minimum Gasteiger partial charge on any atom is -0.338 e. The predicted octanol–water partition coefficient (Wildman–Crippen LogP) is 5.99. The van der Waals surface area contributed by atoms with Crippen LogP contribution in [-0.2, 0) is 4.79 Å². The average molecular weight is 528 g/mol. The lowest BCUT2D eigenvalue weighted by Gasteiger charge is -2.27. The Morgan fingerprint density at radius 2 is 1.34 bits per heavy atom. The lowest BCUT2D eigenvalue weighted by atomic mass is 10.0. The van der Waals surface area contributed by atoms with Crippen LogP contribution >= 0.6 is 47.0 Å². The highest BCUT2D eigenvalue weighted by molar-refractivity contribution is 7.80. The third-order valence-electron chi connectivity index (χ3n) is 5.06. The molecule has 0 saturated carbocycles. The second-order valence-corrected chi connectivity index (χ2v) is 10.8. The summed E-state index contributed by atoms with van der Waals surface area (Å²) in [6.07, 6.45) is 18.5. The number of aromatic nitrogens is 3. The first-order valence-corrected chi connectivity index (χ1v) is 13.2. The monoisotopic (exact) mass is 526 g/mol. The number of rotatable bonds is 17. The largest absolute Gasteiger partial charge is 0.338 e. The maximum absolute atomic E-state index is 12.3. The van der Waals surface area contributed by atoms with Crippen molar-refractivity contribution in [3.63, 3.8) is 0 Å². The summed E-state index contributed by atoms with van der Waals surface area (Å²) in [4.78, 5) is 12.3. The van der Waals surface area contributed by atoms with E-state index < -0.39 is 9.96 Å². The summed E-state index contributed by atoms with van der Waals surface area (Å²) in [7, 11) is 0. The normalized spacial score (nSPS) is 12.4. The zero-order valence-corrected chi connectivity index (χ0v) is 22.0. The Morgan fingerprint density at radius 3 is 1.81 bits per heavy atom. The SMILES string of the molecule is CCCCCCCCCCCCCCCC(=O)N[C@@H](NC(=S)Nn1cnnc1)C(Cl)(Cl)Cl. The molecule has 3 N–H and O–H groups in total. The molecular formula is C21H37Cl3N6OS. The number of unbranched alkanes of at least 4 members (excludes halogenated alkanes) is 12. The standard InChI is InChI=1S/C21H37Cl3N6OS/c1-2-3-4-5-6-7-8-9-10-11-12-13-14-15-18(31)27-19(21(22,23)24)28-20(32)29-30-16-25-26-17-30/h16-17,19H,2-15H2,1H3,(H,27,31)(H2,28,29,32)/t19-/m0/s1. The van der Waals surface area contributed by atoms with Crippen LogP contribution in [0.15, 0.2) is 12.7 Å². The molecule has 1 aromatic rings. The van der Waals surface area contributed by atoms with Gasteiger partial charge in [0.1, 0.15) is 18.8 Å². The molecule has 1 amide bonds. The van der Waals surface area contributed by atoms with Crippen LogP contribution in [0.25, 0.3) is 0 Å². The van der Waals surface area contributed by atoms with Crippen LogP contribution in [0.5, 0.6) is 0 Å². The maximum Gasteiger partial charge on any atom is 0.228 e. The van der Waals surface area contributed by atoms with Crippen molar-refractivity contribution in [2.45, 2.75) is 107 Å². The molecule has 1 heterocycles. The van der Waals surface area contributed by atoms with Gasteiger partial charge in [0.2, 0.25) is 9.70 Å². The molecule has 0 aliphatic rings. The highest BCUT2D eigenvalue weighted by atomic mass is 35.6. The topological polar surface area (TPSA) is 83.9 Å². The molecular weight excluding hydrogens is 491 g/mol. The van der Waals surface area contributed by atoms with E-state index in [9.17, 15) is 4.79 Å². The quantitative estimate of drug-likeness (QED) is 0.0998. The zero-order valence-electron chi connectivity index (χ0n) is 18.9. The van der Waals surface area contributed by atoms with Crippen LogP contribution in [0, 0.1) is 0 Å². The summed E-state index contributed by atoms with van der Waals surface area (Å²) in [6.45, 7) is 2.25. The summed E-state index contributed by atoms with van der Waals surface area (Å²) >= 11 is 23.1. The molecule has 0 radical (unpaired) electrons. The molecule has 1 rings (SSSR count). The second kappa shape index (κ2) is 17.6. The Hall–Kier alpha value is -0.830. The Morgan fingerprint density at radius 1 is 0.875 bits per heavy atom. The molecule has 0 saturated heterocycles. The molecule has 0 aliphatic carbocycles. The van der Waals surface area contributed by atoms with Gasteiger partial charge in [0, 0.05) is 6.42 Å². The van der Waals surface area contributed by atoms with Gasteiger partial charge in [-0.15, -0.1) is 10.2 Å². The van der Waals surface area contributed by atoms with Crippen molar-refractivity contribution in [3.05, 3.63) is 12.7 Å². The summed E-state index contributed by atoms with van der Waals surface area (Å²) in [5.41, 5.74) is 2.78. The van der Waals surface area contributed by atoms with Gasteiger partial charge in [-0.25, -0.2) is 4.68 Å². The number of carbonyl (C=O) groups excluding carboxylic acids is 1. The van der Waals surface area contributed by atoms with Crippen molar-refractivity contribution < 1.29 is 4.79 Å². The van der Waals surface area contributed by atoms with Gasteiger partial charge in [0.05, 0.1) is 0 Å². The van der Waals surface area contributed by atoms with Crippen molar-refractivity contribution in [1.29, 1.82) is 0 Å². The fraction of sp³-hybridized carbons (Fsp3) is 0.810. The van der Waals surface area contributed by atoms with Crippen LogP contribution in [0.3, 0.4) is 0 Å². The van der Waals surface area contributed by atoms with E-state index in [1.165, 1.54) is 81.5 Å². The van der Waals surface area contributed by atoms with Crippen molar-refractivity contribution in [3.8, 4) is 0 Å². The molecule has 0 unspecified atom stereocenters. The third-order valence-corrected chi connectivity index (χ3v) is 5.93. The minimum atomic E-state index is -1.77. The first kappa shape index (κ1) is 29.2. The van der Waals surface area contributed by atoms with Crippen molar-refractivity contribution in [2.24, 2.45) is 0 Å². The molecule has 0 spiro atoms. The Bertz CT molecular complexity index is 628. The maximum atomic E-state index is 12.3. The van der Waals surface area contributed by atoms with E-state index in [-0.39, 0.29) is 11.0 Å². The number of nitrogens with zero attached hydrogens (tertiary/aromatic N) is 3. The molecule has 1 aromatic heterocycles. The number of nitrogens with one attached hydrogen (secondary N) is 3. The molecule has 11 heteroatoms. The van der Waals surface area contributed by atoms with E-state index in [1.54, 1.807) is 0 Å². The second-order valence-electron chi connectivity index (χ2n) is 7.99. The Balaban J connectivity index is 2.10. The number of hydrogen-bond donors (Lipinski definition) is 3.